The highest BCUT2D eigenvalue weighted by Crippen LogP contribution is 2.11. The van der Waals surface area contributed by atoms with Gasteiger partial charge >= 0.3 is 5.69 Å². The van der Waals surface area contributed by atoms with Crippen LogP contribution in [0, 0.1) is 16.7 Å². The van der Waals surface area contributed by atoms with Crippen molar-refractivity contribution in [2.45, 2.75) is 6.54 Å². The van der Waals surface area contributed by atoms with Crippen LogP contribution in [0.4, 0.5) is 0 Å². The van der Waals surface area contributed by atoms with Gasteiger partial charge < -0.3 is 0 Å². The van der Waals surface area contributed by atoms with Gasteiger partial charge in [-0.2, -0.15) is 5.26 Å². The SMILES string of the molecule is C=C/C(C#N)=C(\C=C)Cn1c(Cl)cc(=N)n(C)c1=O. The molecule has 0 aromatic carbocycles. The average molecular weight is 277 g/mol. The van der Waals surface area contributed by atoms with Crippen molar-refractivity contribution in [2.75, 3.05) is 0 Å². The van der Waals surface area contributed by atoms with Crippen molar-refractivity contribution >= 4 is 11.6 Å². The summed E-state index contributed by atoms with van der Waals surface area (Å²) in [6, 6.07) is 3.34. The molecule has 0 fully saturated rings. The second kappa shape index (κ2) is 6.03. The average Bonchev–Trinajstić information content (AvgIpc) is 2.40. The first-order valence-corrected chi connectivity index (χ1v) is 5.73. The minimum Gasteiger partial charge on any atom is -0.284 e. The Hall–Kier alpha value is -2.32. The molecule has 1 rings (SSSR count). The number of nitriles is 1. The first-order valence-electron chi connectivity index (χ1n) is 5.35. The Labute approximate surface area is 115 Å². The summed E-state index contributed by atoms with van der Waals surface area (Å²) in [5, 5.41) is 16.6. The van der Waals surface area contributed by atoms with Crippen LogP contribution in [-0.4, -0.2) is 9.13 Å². The monoisotopic (exact) mass is 276 g/mol. The number of rotatable bonds is 4. The van der Waals surface area contributed by atoms with Crippen LogP contribution in [0.25, 0.3) is 0 Å². The molecule has 0 spiro atoms. The Morgan fingerprint density at radius 1 is 1.58 bits per heavy atom. The maximum absolute atomic E-state index is 12.0. The molecule has 0 saturated heterocycles. The van der Waals surface area contributed by atoms with Crippen molar-refractivity contribution in [1.82, 2.24) is 9.13 Å². The highest BCUT2D eigenvalue weighted by molar-refractivity contribution is 6.29. The molecule has 0 saturated carbocycles. The molecular formula is C13H13ClN4O. The molecule has 0 aliphatic carbocycles. The van der Waals surface area contributed by atoms with Crippen LogP contribution in [0.1, 0.15) is 0 Å². The van der Waals surface area contributed by atoms with Crippen LogP contribution in [-0.2, 0) is 13.6 Å². The Kier molecular flexibility index (Phi) is 4.67. The summed E-state index contributed by atoms with van der Waals surface area (Å²) in [6.07, 6.45) is 2.88. The quantitative estimate of drug-likeness (QED) is 0.514. The number of allylic oxidation sites excluding steroid dienone is 4. The summed E-state index contributed by atoms with van der Waals surface area (Å²) in [7, 11) is 1.48. The zero-order valence-electron chi connectivity index (χ0n) is 10.5. The fraction of sp³-hybridized carbons (Fsp3) is 0.154. The zero-order valence-corrected chi connectivity index (χ0v) is 11.2. The second-order valence-electron chi connectivity index (χ2n) is 3.74. The van der Waals surface area contributed by atoms with Crippen molar-refractivity contribution in [2.24, 2.45) is 7.05 Å². The van der Waals surface area contributed by atoms with E-state index in [4.69, 9.17) is 22.3 Å². The van der Waals surface area contributed by atoms with Crippen LogP contribution >= 0.6 is 11.6 Å². The summed E-state index contributed by atoms with van der Waals surface area (Å²) in [5.74, 6) is 0. The number of hydrogen-bond acceptors (Lipinski definition) is 3. The zero-order chi connectivity index (χ0) is 14.6. The molecule has 1 aromatic heterocycles. The minimum absolute atomic E-state index is 0.0135. The molecule has 1 N–H and O–H groups in total. The summed E-state index contributed by atoms with van der Waals surface area (Å²) in [5.41, 5.74) is 0.451. The lowest BCUT2D eigenvalue weighted by molar-refractivity contribution is 0.632. The van der Waals surface area contributed by atoms with E-state index in [0.717, 1.165) is 4.57 Å². The van der Waals surface area contributed by atoms with Crippen molar-refractivity contribution in [3.05, 3.63) is 63.6 Å². The van der Waals surface area contributed by atoms with E-state index >= 15 is 0 Å². The minimum atomic E-state index is -0.432. The predicted octanol–water partition coefficient (Wildman–Crippen LogP) is 1.51. The van der Waals surface area contributed by atoms with E-state index < -0.39 is 5.69 Å². The highest BCUT2D eigenvalue weighted by Gasteiger charge is 2.09. The summed E-state index contributed by atoms with van der Waals surface area (Å²) in [4.78, 5) is 12.0. The van der Waals surface area contributed by atoms with E-state index in [9.17, 15) is 4.79 Å². The Balaban J connectivity index is 3.47. The van der Waals surface area contributed by atoms with Gasteiger partial charge in [-0.25, -0.2) is 4.79 Å². The van der Waals surface area contributed by atoms with Gasteiger partial charge in [0, 0.05) is 13.1 Å². The van der Waals surface area contributed by atoms with Gasteiger partial charge in [-0.15, -0.1) is 0 Å². The first-order chi connectivity index (χ1) is 8.96. The Morgan fingerprint density at radius 3 is 2.68 bits per heavy atom. The maximum atomic E-state index is 12.0. The second-order valence-corrected chi connectivity index (χ2v) is 4.13. The lowest BCUT2D eigenvalue weighted by Crippen LogP contribution is -2.38. The molecule has 0 radical (unpaired) electrons. The molecule has 0 atom stereocenters. The molecule has 0 aliphatic rings. The van der Waals surface area contributed by atoms with E-state index in [-0.39, 0.29) is 17.2 Å². The predicted molar refractivity (Wildman–Crippen MR) is 73.6 cm³/mol. The molecule has 0 bridgehead atoms. The third kappa shape index (κ3) is 2.92. The number of nitrogens with zero attached hydrogens (tertiary/aromatic N) is 3. The molecular weight excluding hydrogens is 264 g/mol. The first kappa shape index (κ1) is 14.7. The smallest absolute Gasteiger partial charge is 0.284 e. The summed E-state index contributed by atoms with van der Waals surface area (Å²) < 4.78 is 2.42. The molecule has 1 heterocycles. The van der Waals surface area contributed by atoms with E-state index in [0.29, 0.717) is 11.1 Å². The van der Waals surface area contributed by atoms with Crippen LogP contribution in [0.5, 0.6) is 0 Å². The number of nitrogens with one attached hydrogen (secondary N) is 1. The molecule has 0 aliphatic heterocycles. The number of hydrogen-bond donors (Lipinski definition) is 1. The lowest BCUT2D eigenvalue weighted by atomic mass is 10.1. The van der Waals surface area contributed by atoms with E-state index in [1.807, 2.05) is 6.07 Å². The van der Waals surface area contributed by atoms with Gasteiger partial charge in [-0.1, -0.05) is 36.9 Å². The van der Waals surface area contributed by atoms with Crippen molar-refractivity contribution in [1.29, 1.82) is 10.7 Å². The van der Waals surface area contributed by atoms with Gasteiger partial charge in [0.1, 0.15) is 10.6 Å². The molecule has 6 heteroatoms. The van der Waals surface area contributed by atoms with Crippen LogP contribution in [0.3, 0.4) is 0 Å². The Morgan fingerprint density at radius 2 is 2.21 bits per heavy atom. The van der Waals surface area contributed by atoms with Crippen LogP contribution in [0.15, 0.2) is 47.3 Å². The van der Waals surface area contributed by atoms with E-state index in [1.54, 1.807) is 0 Å². The van der Waals surface area contributed by atoms with Crippen molar-refractivity contribution in [3.8, 4) is 6.07 Å². The van der Waals surface area contributed by atoms with Crippen LogP contribution in [0.2, 0.25) is 5.15 Å². The van der Waals surface area contributed by atoms with Gasteiger partial charge in [0.15, 0.2) is 0 Å². The summed E-state index contributed by atoms with van der Waals surface area (Å²) in [6.45, 7) is 7.25. The van der Waals surface area contributed by atoms with Gasteiger partial charge in [0.05, 0.1) is 18.2 Å². The molecule has 19 heavy (non-hydrogen) atoms. The molecule has 0 amide bonds. The molecule has 98 valence electrons. The van der Waals surface area contributed by atoms with Crippen molar-refractivity contribution < 1.29 is 0 Å². The lowest BCUT2D eigenvalue weighted by Gasteiger charge is -2.11. The maximum Gasteiger partial charge on any atom is 0.330 e. The highest BCUT2D eigenvalue weighted by atomic mass is 35.5. The third-order valence-electron chi connectivity index (χ3n) is 2.64. The molecule has 5 nitrogen and oxygen atoms in total. The number of aromatic nitrogens is 2. The Bertz CT molecular complexity index is 716. The number of halogens is 1. The topological polar surface area (TPSA) is 74.6 Å². The van der Waals surface area contributed by atoms with Gasteiger partial charge in [0.2, 0.25) is 0 Å². The van der Waals surface area contributed by atoms with Gasteiger partial charge in [-0.3, -0.25) is 14.5 Å². The molecule has 0 unspecified atom stereocenters. The molecule has 1 aromatic rings. The van der Waals surface area contributed by atoms with Gasteiger partial charge in [-0.05, 0) is 5.57 Å². The van der Waals surface area contributed by atoms with Gasteiger partial charge in [0.25, 0.3) is 0 Å². The third-order valence-corrected chi connectivity index (χ3v) is 2.95. The fourth-order valence-corrected chi connectivity index (χ4v) is 1.72. The fourth-order valence-electron chi connectivity index (χ4n) is 1.48. The normalized spacial score (nSPS) is 11.4. The van der Waals surface area contributed by atoms with E-state index in [1.165, 1.54) is 29.8 Å². The largest absolute Gasteiger partial charge is 0.330 e. The van der Waals surface area contributed by atoms with Crippen molar-refractivity contribution in [3.63, 3.8) is 0 Å². The summed E-state index contributed by atoms with van der Waals surface area (Å²) >= 11 is 5.96. The van der Waals surface area contributed by atoms with Crippen LogP contribution < -0.4 is 11.2 Å². The van der Waals surface area contributed by atoms with E-state index in [2.05, 4.69) is 13.2 Å². The standard InChI is InChI=1S/C13H13ClN4O/c1-4-9(7-15)10(5-2)8-18-11(14)6-12(16)17(3)13(18)19/h4-6,16H,1-2,8H2,3H3/b10-9-,16-12?.